The number of aryl methyl sites for hydroxylation is 1. The first-order valence-electron chi connectivity index (χ1n) is 6.37. The van der Waals surface area contributed by atoms with Gasteiger partial charge in [-0.2, -0.15) is 0 Å². The molecule has 0 bridgehead atoms. The summed E-state index contributed by atoms with van der Waals surface area (Å²) < 4.78 is 12.1. The number of benzene rings is 2. The van der Waals surface area contributed by atoms with Crippen LogP contribution in [0.1, 0.15) is 16.7 Å². The smallest absolute Gasteiger partial charge is 0.129 e. The fourth-order valence-corrected chi connectivity index (χ4v) is 2.43. The van der Waals surface area contributed by atoms with Gasteiger partial charge in [0.2, 0.25) is 0 Å². The SMILES string of the molecule is COc1ccc(COc2cc(Br)ccc2C)cc1C(N)=S. The van der Waals surface area contributed by atoms with Crippen LogP contribution in [-0.2, 0) is 6.61 Å². The standard InChI is InChI=1S/C16H16BrNO2S/c1-10-3-5-12(17)8-15(10)20-9-11-4-6-14(19-2)13(7-11)16(18)21/h3-8H,9H2,1-2H3,(H2,18,21). The van der Waals surface area contributed by atoms with Crippen molar-refractivity contribution in [1.82, 2.24) is 0 Å². The Morgan fingerprint density at radius 2 is 1.95 bits per heavy atom. The zero-order valence-corrected chi connectivity index (χ0v) is 14.3. The van der Waals surface area contributed by atoms with E-state index in [4.69, 9.17) is 27.4 Å². The molecule has 5 heteroatoms. The Labute approximate surface area is 138 Å². The van der Waals surface area contributed by atoms with Gasteiger partial charge in [-0.15, -0.1) is 0 Å². The van der Waals surface area contributed by atoms with Crippen LogP contribution in [0, 0.1) is 6.92 Å². The Kier molecular flexibility index (Phi) is 5.20. The molecule has 0 unspecified atom stereocenters. The predicted molar refractivity (Wildman–Crippen MR) is 92.1 cm³/mol. The molecular formula is C16H16BrNO2S. The monoisotopic (exact) mass is 365 g/mol. The van der Waals surface area contributed by atoms with E-state index in [0.29, 0.717) is 17.3 Å². The van der Waals surface area contributed by atoms with E-state index in [-0.39, 0.29) is 0 Å². The summed E-state index contributed by atoms with van der Waals surface area (Å²) >= 11 is 8.48. The molecule has 0 radical (unpaired) electrons. The zero-order valence-electron chi connectivity index (χ0n) is 11.9. The van der Waals surface area contributed by atoms with Crippen LogP contribution in [-0.4, -0.2) is 12.1 Å². The van der Waals surface area contributed by atoms with E-state index in [1.54, 1.807) is 7.11 Å². The normalized spacial score (nSPS) is 10.2. The molecule has 0 aliphatic carbocycles. The molecule has 2 aromatic carbocycles. The molecule has 0 heterocycles. The van der Waals surface area contributed by atoms with E-state index in [0.717, 1.165) is 26.9 Å². The molecule has 21 heavy (non-hydrogen) atoms. The number of halogens is 1. The fraction of sp³-hybridized carbons (Fsp3) is 0.188. The number of methoxy groups -OCH3 is 1. The summed E-state index contributed by atoms with van der Waals surface area (Å²) in [5.74, 6) is 1.52. The van der Waals surface area contributed by atoms with Crippen molar-refractivity contribution in [2.24, 2.45) is 5.73 Å². The highest BCUT2D eigenvalue weighted by Crippen LogP contribution is 2.25. The third-order valence-electron chi connectivity index (χ3n) is 3.07. The molecular weight excluding hydrogens is 350 g/mol. The molecule has 0 aliphatic rings. The maximum absolute atomic E-state index is 5.86. The largest absolute Gasteiger partial charge is 0.496 e. The van der Waals surface area contributed by atoms with Gasteiger partial charge in [0.1, 0.15) is 23.1 Å². The lowest BCUT2D eigenvalue weighted by atomic mass is 10.1. The Hall–Kier alpha value is -1.59. The molecule has 0 fully saturated rings. The van der Waals surface area contributed by atoms with Gasteiger partial charge >= 0.3 is 0 Å². The molecule has 3 nitrogen and oxygen atoms in total. The number of hydrogen-bond acceptors (Lipinski definition) is 3. The molecule has 0 saturated heterocycles. The Morgan fingerprint density at radius 3 is 2.62 bits per heavy atom. The zero-order chi connectivity index (χ0) is 15.4. The number of thiocarbonyl (C=S) groups is 1. The Bertz CT molecular complexity index is 673. The topological polar surface area (TPSA) is 44.5 Å². The summed E-state index contributed by atoms with van der Waals surface area (Å²) in [6.07, 6.45) is 0. The van der Waals surface area contributed by atoms with Crippen LogP contribution in [0.4, 0.5) is 0 Å². The number of ether oxygens (including phenoxy) is 2. The second-order valence-electron chi connectivity index (χ2n) is 4.60. The van der Waals surface area contributed by atoms with Crippen LogP contribution < -0.4 is 15.2 Å². The van der Waals surface area contributed by atoms with E-state index >= 15 is 0 Å². The van der Waals surface area contributed by atoms with Crippen LogP contribution >= 0.6 is 28.1 Å². The highest BCUT2D eigenvalue weighted by atomic mass is 79.9. The minimum Gasteiger partial charge on any atom is -0.496 e. The van der Waals surface area contributed by atoms with Gasteiger partial charge in [-0.25, -0.2) is 0 Å². The van der Waals surface area contributed by atoms with Crippen LogP contribution in [0.15, 0.2) is 40.9 Å². The lowest BCUT2D eigenvalue weighted by Crippen LogP contribution is -2.12. The summed E-state index contributed by atoms with van der Waals surface area (Å²) in [7, 11) is 1.60. The van der Waals surface area contributed by atoms with Crippen LogP contribution in [0.3, 0.4) is 0 Å². The van der Waals surface area contributed by atoms with Gasteiger partial charge < -0.3 is 15.2 Å². The Morgan fingerprint density at radius 1 is 1.19 bits per heavy atom. The van der Waals surface area contributed by atoms with Crippen molar-refractivity contribution >= 4 is 33.1 Å². The quantitative estimate of drug-likeness (QED) is 0.813. The van der Waals surface area contributed by atoms with Crippen LogP contribution in [0.5, 0.6) is 11.5 Å². The molecule has 0 amide bonds. The van der Waals surface area contributed by atoms with E-state index in [1.165, 1.54) is 0 Å². The summed E-state index contributed by atoms with van der Waals surface area (Å²) in [5, 5.41) is 0. The highest BCUT2D eigenvalue weighted by Gasteiger charge is 2.08. The van der Waals surface area contributed by atoms with Crippen molar-refractivity contribution in [2.45, 2.75) is 13.5 Å². The lowest BCUT2D eigenvalue weighted by Gasteiger charge is -2.12. The highest BCUT2D eigenvalue weighted by molar-refractivity contribution is 9.10. The van der Waals surface area contributed by atoms with Gasteiger partial charge in [-0.05, 0) is 42.3 Å². The number of nitrogens with two attached hydrogens (primary N) is 1. The molecule has 0 aromatic heterocycles. The van der Waals surface area contributed by atoms with Gasteiger partial charge in [0.25, 0.3) is 0 Å². The third kappa shape index (κ3) is 3.95. The summed E-state index contributed by atoms with van der Waals surface area (Å²) in [6.45, 7) is 2.45. The molecule has 2 aromatic rings. The van der Waals surface area contributed by atoms with E-state index in [1.807, 2.05) is 43.3 Å². The van der Waals surface area contributed by atoms with Gasteiger partial charge in [-0.1, -0.05) is 40.3 Å². The second-order valence-corrected chi connectivity index (χ2v) is 5.95. The summed E-state index contributed by atoms with van der Waals surface area (Å²) in [6, 6.07) is 11.6. The van der Waals surface area contributed by atoms with Crippen molar-refractivity contribution in [3.05, 3.63) is 57.6 Å². The molecule has 0 saturated carbocycles. The maximum Gasteiger partial charge on any atom is 0.129 e. The molecule has 2 N–H and O–H groups in total. The number of rotatable bonds is 5. The molecule has 2 rings (SSSR count). The van der Waals surface area contributed by atoms with E-state index in [2.05, 4.69) is 15.9 Å². The first-order valence-corrected chi connectivity index (χ1v) is 7.57. The average molecular weight is 366 g/mol. The van der Waals surface area contributed by atoms with Crippen molar-refractivity contribution in [1.29, 1.82) is 0 Å². The molecule has 110 valence electrons. The molecule has 0 aliphatic heterocycles. The first-order chi connectivity index (χ1) is 10.0. The summed E-state index contributed by atoms with van der Waals surface area (Å²) in [4.78, 5) is 0.312. The van der Waals surface area contributed by atoms with Crippen molar-refractivity contribution < 1.29 is 9.47 Å². The minimum atomic E-state index is 0.312. The molecule has 0 atom stereocenters. The van der Waals surface area contributed by atoms with Crippen molar-refractivity contribution in [2.75, 3.05) is 7.11 Å². The van der Waals surface area contributed by atoms with Gasteiger partial charge in [0, 0.05) is 4.47 Å². The molecule has 0 spiro atoms. The maximum atomic E-state index is 5.86. The van der Waals surface area contributed by atoms with Gasteiger partial charge in [0.15, 0.2) is 0 Å². The fourth-order valence-electron chi connectivity index (χ4n) is 1.93. The van der Waals surface area contributed by atoms with E-state index in [9.17, 15) is 0 Å². The third-order valence-corrected chi connectivity index (χ3v) is 3.79. The Balaban J connectivity index is 2.18. The number of hydrogen-bond donors (Lipinski definition) is 1. The van der Waals surface area contributed by atoms with Gasteiger partial charge in [0.05, 0.1) is 12.7 Å². The summed E-state index contributed by atoms with van der Waals surface area (Å²) in [5.41, 5.74) is 8.51. The van der Waals surface area contributed by atoms with Crippen molar-refractivity contribution in [3.63, 3.8) is 0 Å². The first kappa shape index (κ1) is 15.8. The van der Waals surface area contributed by atoms with Crippen LogP contribution in [0.2, 0.25) is 0 Å². The minimum absolute atomic E-state index is 0.312. The van der Waals surface area contributed by atoms with Crippen molar-refractivity contribution in [3.8, 4) is 11.5 Å². The average Bonchev–Trinajstić information content (AvgIpc) is 2.47. The van der Waals surface area contributed by atoms with Gasteiger partial charge in [-0.3, -0.25) is 0 Å². The lowest BCUT2D eigenvalue weighted by molar-refractivity contribution is 0.303. The predicted octanol–water partition coefficient (Wildman–Crippen LogP) is 3.98. The second kappa shape index (κ2) is 6.91. The van der Waals surface area contributed by atoms with E-state index < -0.39 is 0 Å². The van der Waals surface area contributed by atoms with Crippen LogP contribution in [0.25, 0.3) is 0 Å².